The fourth-order valence-corrected chi connectivity index (χ4v) is 3.68. The summed E-state index contributed by atoms with van der Waals surface area (Å²) in [5.41, 5.74) is 8.85. The number of benzene rings is 2. The van der Waals surface area contributed by atoms with Crippen LogP contribution in [-0.2, 0) is 24.3 Å². The summed E-state index contributed by atoms with van der Waals surface area (Å²) in [4.78, 5) is 19.0. The Morgan fingerprint density at radius 3 is 2.64 bits per heavy atom. The average molecular weight is 378 g/mol. The summed E-state index contributed by atoms with van der Waals surface area (Å²) in [6, 6.07) is 16.3. The van der Waals surface area contributed by atoms with Crippen LogP contribution in [0.25, 0.3) is 11.3 Å². The molecule has 0 saturated carbocycles. The van der Waals surface area contributed by atoms with Gasteiger partial charge in [-0.3, -0.25) is 4.79 Å². The fourth-order valence-electron chi connectivity index (χ4n) is 3.68. The quantitative estimate of drug-likeness (QED) is 0.742. The Morgan fingerprint density at radius 2 is 1.86 bits per heavy atom. The summed E-state index contributed by atoms with van der Waals surface area (Å²) in [5.74, 6) is 0.583. The molecule has 1 aromatic heterocycles. The van der Waals surface area contributed by atoms with Gasteiger partial charge in [0.25, 0.3) is 0 Å². The van der Waals surface area contributed by atoms with E-state index < -0.39 is 6.04 Å². The van der Waals surface area contributed by atoms with Crippen LogP contribution in [0.1, 0.15) is 17.8 Å². The molecule has 144 valence electrons. The van der Waals surface area contributed by atoms with Gasteiger partial charge in [0.15, 0.2) is 0 Å². The lowest BCUT2D eigenvalue weighted by Crippen LogP contribution is -2.41. The van der Waals surface area contributed by atoms with Gasteiger partial charge in [-0.15, -0.1) is 0 Å². The molecular formula is C22H23FN4O. The number of hydrogen-bond donors (Lipinski definition) is 1. The van der Waals surface area contributed by atoms with Crippen LogP contribution in [0, 0.1) is 5.82 Å². The zero-order chi connectivity index (χ0) is 19.5. The van der Waals surface area contributed by atoms with Crippen molar-refractivity contribution < 1.29 is 9.18 Å². The van der Waals surface area contributed by atoms with E-state index in [4.69, 9.17) is 5.73 Å². The molecule has 1 aliphatic heterocycles. The van der Waals surface area contributed by atoms with Crippen molar-refractivity contribution in [3.63, 3.8) is 0 Å². The van der Waals surface area contributed by atoms with Crippen LogP contribution >= 0.6 is 0 Å². The van der Waals surface area contributed by atoms with Gasteiger partial charge in [0.2, 0.25) is 5.91 Å². The largest absolute Gasteiger partial charge is 0.333 e. The van der Waals surface area contributed by atoms with Crippen LogP contribution in [0.4, 0.5) is 4.39 Å². The Morgan fingerprint density at radius 1 is 1.11 bits per heavy atom. The molecule has 2 aromatic carbocycles. The van der Waals surface area contributed by atoms with Crippen molar-refractivity contribution in [1.82, 2.24) is 14.5 Å². The Hall–Kier alpha value is -2.99. The molecule has 4 rings (SSSR count). The smallest absolute Gasteiger partial charge is 0.224 e. The summed E-state index contributed by atoms with van der Waals surface area (Å²) in [7, 11) is 0. The van der Waals surface area contributed by atoms with Crippen LogP contribution in [-0.4, -0.2) is 32.9 Å². The Kier molecular flexibility index (Phi) is 5.21. The van der Waals surface area contributed by atoms with E-state index >= 15 is 0 Å². The third-order valence-corrected chi connectivity index (χ3v) is 5.16. The fraction of sp³-hybridized carbons (Fsp3) is 0.273. The Bertz CT molecular complexity index is 970. The zero-order valence-electron chi connectivity index (χ0n) is 15.6. The molecule has 28 heavy (non-hydrogen) atoms. The van der Waals surface area contributed by atoms with E-state index in [-0.39, 0.29) is 18.1 Å². The maximum atomic E-state index is 13.8. The lowest BCUT2D eigenvalue weighted by molar-refractivity contribution is -0.133. The molecule has 0 fully saturated rings. The van der Waals surface area contributed by atoms with Crippen molar-refractivity contribution in [3.8, 4) is 11.3 Å². The standard InChI is InChI=1S/C22H23FN4O/c23-19-9-5-4-8-17(19)12-18(24)13-22(28)26-10-11-27-20(14-25-21(27)15-26)16-6-2-1-3-7-16/h1-9,14,18H,10-13,15,24H2/t18-/m1/s1. The van der Waals surface area contributed by atoms with Gasteiger partial charge >= 0.3 is 0 Å². The third-order valence-electron chi connectivity index (χ3n) is 5.16. The van der Waals surface area contributed by atoms with Crippen LogP contribution in [0.3, 0.4) is 0 Å². The first kappa shape index (κ1) is 18.4. The van der Waals surface area contributed by atoms with E-state index in [0.717, 1.165) is 17.1 Å². The number of amides is 1. The molecule has 1 amide bonds. The third kappa shape index (κ3) is 3.82. The predicted octanol–water partition coefficient (Wildman–Crippen LogP) is 2.99. The zero-order valence-corrected chi connectivity index (χ0v) is 15.6. The second kappa shape index (κ2) is 7.94. The highest BCUT2D eigenvalue weighted by Gasteiger charge is 2.25. The number of carbonyl (C=O) groups is 1. The molecule has 0 unspecified atom stereocenters. The highest BCUT2D eigenvalue weighted by atomic mass is 19.1. The molecule has 0 radical (unpaired) electrons. The van der Waals surface area contributed by atoms with E-state index in [9.17, 15) is 9.18 Å². The first-order chi connectivity index (χ1) is 13.6. The van der Waals surface area contributed by atoms with Crippen molar-refractivity contribution in [2.75, 3.05) is 6.54 Å². The number of hydrogen-bond acceptors (Lipinski definition) is 3. The number of halogens is 1. The lowest BCUT2D eigenvalue weighted by Gasteiger charge is -2.29. The van der Waals surface area contributed by atoms with Gasteiger partial charge in [0.05, 0.1) is 18.4 Å². The predicted molar refractivity (Wildman–Crippen MR) is 106 cm³/mol. The van der Waals surface area contributed by atoms with E-state index in [2.05, 4.69) is 21.7 Å². The summed E-state index contributed by atoms with van der Waals surface area (Å²) in [6.45, 7) is 1.79. The second-order valence-corrected chi connectivity index (χ2v) is 7.15. The summed E-state index contributed by atoms with van der Waals surface area (Å²) in [5, 5.41) is 0. The lowest BCUT2D eigenvalue weighted by atomic mass is 10.0. The topological polar surface area (TPSA) is 64.2 Å². The van der Waals surface area contributed by atoms with Crippen molar-refractivity contribution in [1.29, 1.82) is 0 Å². The molecule has 2 heterocycles. The van der Waals surface area contributed by atoms with Gasteiger partial charge in [-0.1, -0.05) is 48.5 Å². The molecule has 1 atom stereocenters. The normalized spacial score (nSPS) is 14.6. The summed E-state index contributed by atoms with van der Waals surface area (Å²) >= 11 is 0. The first-order valence-corrected chi connectivity index (χ1v) is 9.48. The average Bonchev–Trinajstić information content (AvgIpc) is 3.13. The maximum absolute atomic E-state index is 13.8. The van der Waals surface area contributed by atoms with Gasteiger partial charge < -0.3 is 15.2 Å². The molecule has 0 spiro atoms. The first-order valence-electron chi connectivity index (χ1n) is 9.48. The van der Waals surface area contributed by atoms with Crippen molar-refractivity contribution in [2.24, 2.45) is 5.73 Å². The number of imidazole rings is 1. The van der Waals surface area contributed by atoms with Gasteiger partial charge in [0.1, 0.15) is 11.6 Å². The van der Waals surface area contributed by atoms with Crippen molar-refractivity contribution in [3.05, 3.63) is 78.0 Å². The van der Waals surface area contributed by atoms with Gasteiger partial charge in [-0.2, -0.15) is 0 Å². The van der Waals surface area contributed by atoms with Crippen LogP contribution in [0.2, 0.25) is 0 Å². The SMILES string of the molecule is N[C@@H](CC(=O)N1CCn2c(-c3ccccc3)cnc2C1)Cc1ccccc1F. The number of aromatic nitrogens is 2. The minimum absolute atomic E-state index is 0.0145. The molecule has 0 bridgehead atoms. The monoisotopic (exact) mass is 378 g/mol. The molecule has 0 saturated heterocycles. The molecular weight excluding hydrogens is 355 g/mol. The van der Waals surface area contributed by atoms with E-state index in [1.807, 2.05) is 24.4 Å². The minimum atomic E-state index is -0.411. The van der Waals surface area contributed by atoms with Crippen molar-refractivity contribution in [2.45, 2.75) is 32.0 Å². The van der Waals surface area contributed by atoms with Crippen LogP contribution < -0.4 is 5.73 Å². The number of fused-ring (bicyclic) bond motifs is 1. The number of carbonyl (C=O) groups excluding carboxylic acids is 1. The van der Waals surface area contributed by atoms with E-state index in [1.165, 1.54) is 6.07 Å². The molecule has 1 aliphatic rings. The molecule has 6 heteroatoms. The second-order valence-electron chi connectivity index (χ2n) is 7.15. The van der Waals surface area contributed by atoms with E-state index in [1.54, 1.807) is 23.1 Å². The molecule has 2 N–H and O–H groups in total. The van der Waals surface area contributed by atoms with Crippen LogP contribution in [0.15, 0.2) is 60.8 Å². The van der Waals surface area contributed by atoms with Gasteiger partial charge in [-0.25, -0.2) is 9.37 Å². The maximum Gasteiger partial charge on any atom is 0.224 e. The van der Waals surface area contributed by atoms with Gasteiger partial charge in [-0.05, 0) is 23.6 Å². The summed E-state index contributed by atoms with van der Waals surface area (Å²) in [6.07, 6.45) is 2.40. The highest BCUT2D eigenvalue weighted by molar-refractivity contribution is 5.77. The molecule has 5 nitrogen and oxygen atoms in total. The number of rotatable bonds is 5. The van der Waals surface area contributed by atoms with E-state index in [0.29, 0.717) is 31.6 Å². The minimum Gasteiger partial charge on any atom is -0.333 e. The highest BCUT2D eigenvalue weighted by Crippen LogP contribution is 2.24. The number of nitrogens with two attached hydrogens (primary N) is 1. The van der Waals surface area contributed by atoms with Crippen molar-refractivity contribution >= 4 is 5.91 Å². The van der Waals surface area contributed by atoms with Crippen LogP contribution in [0.5, 0.6) is 0 Å². The van der Waals surface area contributed by atoms with Gasteiger partial charge in [0, 0.05) is 25.6 Å². The molecule has 3 aromatic rings. The number of nitrogens with zero attached hydrogens (tertiary/aromatic N) is 3. The molecule has 0 aliphatic carbocycles. The summed E-state index contributed by atoms with van der Waals surface area (Å²) < 4.78 is 16.0. The Labute approximate surface area is 163 Å². The Balaban J connectivity index is 1.40.